The van der Waals surface area contributed by atoms with Gasteiger partial charge in [-0.05, 0) is 54.1 Å². The van der Waals surface area contributed by atoms with Crippen LogP contribution in [0.1, 0.15) is 32.1 Å². The van der Waals surface area contributed by atoms with Crippen LogP contribution >= 0.6 is 27.3 Å². The van der Waals surface area contributed by atoms with Gasteiger partial charge in [0.15, 0.2) is 0 Å². The Morgan fingerprint density at radius 2 is 2.06 bits per heavy atom. The predicted octanol–water partition coefficient (Wildman–Crippen LogP) is 3.62. The Morgan fingerprint density at radius 1 is 1.33 bits per heavy atom. The van der Waals surface area contributed by atoms with Gasteiger partial charge >= 0.3 is 0 Å². The summed E-state index contributed by atoms with van der Waals surface area (Å²) in [7, 11) is 2.02. The molecule has 1 aromatic rings. The van der Waals surface area contributed by atoms with Gasteiger partial charge in [0, 0.05) is 16.8 Å². The van der Waals surface area contributed by atoms with Gasteiger partial charge in [-0.1, -0.05) is 27.2 Å². The van der Waals surface area contributed by atoms with Crippen molar-refractivity contribution in [3.8, 4) is 0 Å². The summed E-state index contributed by atoms with van der Waals surface area (Å²) in [6.07, 6.45) is 1.22. The first kappa shape index (κ1) is 16.2. The summed E-state index contributed by atoms with van der Waals surface area (Å²) in [4.78, 5) is 1.43. The maximum absolute atomic E-state index is 3.62. The number of rotatable bonds is 8. The van der Waals surface area contributed by atoms with E-state index in [1.165, 1.54) is 15.1 Å². The lowest BCUT2D eigenvalue weighted by Crippen LogP contribution is -2.37. The third-order valence-corrected chi connectivity index (χ3v) is 5.30. The molecule has 0 aliphatic rings. The summed E-state index contributed by atoms with van der Waals surface area (Å²) < 4.78 is 1.21. The van der Waals surface area contributed by atoms with E-state index in [0.717, 1.165) is 25.6 Å². The highest BCUT2D eigenvalue weighted by molar-refractivity contribution is 9.11. The molecule has 0 aliphatic carbocycles. The van der Waals surface area contributed by atoms with E-state index in [2.05, 4.69) is 59.5 Å². The molecule has 104 valence electrons. The van der Waals surface area contributed by atoms with Crippen LogP contribution in [0.2, 0.25) is 0 Å². The fraction of sp³-hybridized carbons (Fsp3) is 0.714. The van der Waals surface area contributed by atoms with E-state index in [9.17, 15) is 0 Å². The molecule has 2 nitrogen and oxygen atoms in total. The van der Waals surface area contributed by atoms with E-state index in [-0.39, 0.29) is 5.41 Å². The first-order chi connectivity index (χ1) is 8.49. The zero-order valence-electron chi connectivity index (χ0n) is 11.8. The Balaban J connectivity index is 2.42. The van der Waals surface area contributed by atoms with E-state index in [1.807, 2.05) is 18.4 Å². The van der Waals surface area contributed by atoms with E-state index in [4.69, 9.17) is 0 Å². The van der Waals surface area contributed by atoms with Gasteiger partial charge in [-0.25, -0.2) is 0 Å². The minimum Gasteiger partial charge on any atom is -0.319 e. The highest BCUT2D eigenvalue weighted by Gasteiger charge is 2.22. The van der Waals surface area contributed by atoms with Crippen LogP contribution in [0.15, 0.2) is 15.9 Å². The standard InChI is InChI=1S/C14H25BrN2S/c1-5-11(8-16-4)9-17-10-14(2,3)12-6-7-13(15)18-12/h6-7,11,16-17H,5,8-10H2,1-4H3. The lowest BCUT2D eigenvalue weighted by Gasteiger charge is -2.25. The van der Waals surface area contributed by atoms with Crippen LogP contribution in [0.25, 0.3) is 0 Å². The van der Waals surface area contributed by atoms with Crippen LogP contribution in [-0.2, 0) is 5.41 Å². The van der Waals surface area contributed by atoms with Crippen molar-refractivity contribution in [1.29, 1.82) is 0 Å². The lowest BCUT2D eigenvalue weighted by atomic mass is 9.91. The first-order valence-electron chi connectivity index (χ1n) is 6.60. The third kappa shape index (κ3) is 5.00. The second kappa shape index (κ2) is 7.63. The molecular weight excluding hydrogens is 308 g/mol. The molecule has 1 rings (SSSR count). The van der Waals surface area contributed by atoms with Gasteiger partial charge in [-0.2, -0.15) is 0 Å². The molecule has 0 aromatic carbocycles. The SMILES string of the molecule is CCC(CNC)CNCC(C)(C)c1ccc(Br)s1. The molecule has 1 aromatic heterocycles. The molecule has 2 N–H and O–H groups in total. The quantitative estimate of drug-likeness (QED) is 0.759. The number of thiophene rings is 1. The van der Waals surface area contributed by atoms with Crippen molar-refractivity contribution in [2.45, 2.75) is 32.6 Å². The molecule has 4 heteroatoms. The molecule has 18 heavy (non-hydrogen) atoms. The number of halogens is 1. The van der Waals surface area contributed by atoms with Crippen LogP contribution in [0.4, 0.5) is 0 Å². The highest BCUT2D eigenvalue weighted by atomic mass is 79.9. The van der Waals surface area contributed by atoms with Gasteiger partial charge in [0.25, 0.3) is 0 Å². The number of hydrogen-bond donors (Lipinski definition) is 2. The van der Waals surface area contributed by atoms with Gasteiger partial charge in [-0.15, -0.1) is 11.3 Å². The summed E-state index contributed by atoms with van der Waals surface area (Å²) in [5.41, 5.74) is 0.203. The van der Waals surface area contributed by atoms with Crippen LogP contribution < -0.4 is 10.6 Å². The third-order valence-electron chi connectivity index (χ3n) is 3.31. The molecule has 0 amide bonds. The average Bonchev–Trinajstić information content (AvgIpc) is 2.75. The number of nitrogens with one attached hydrogen (secondary N) is 2. The van der Waals surface area contributed by atoms with E-state index >= 15 is 0 Å². The molecule has 0 aliphatic heterocycles. The summed E-state index contributed by atoms with van der Waals surface area (Å²) in [5, 5.41) is 6.88. The minimum atomic E-state index is 0.203. The van der Waals surface area contributed by atoms with E-state index in [0.29, 0.717) is 0 Å². The molecule has 0 spiro atoms. The second-order valence-electron chi connectivity index (χ2n) is 5.45. The fourth-order valence-electron chi connectivity index (χ4n) is 2.00. The van der Waals surface area contributed by atoms with Crippen molar-refractivity contribution < 1.29 is 0 Å². The van der Waals surface area contributed by atoms with Crippen molar-refractivity contribution in [3.05, 3.63) is 20.8 Å². The Morgan fingerprint density at radius 3 is 2.56 bits per heavy atom. The molecule has 0 radical (unpaired) electrons. The van der Waals surface area contributed by atoms with E-state index < -0.39 is 0 Å². The topological polar surface area (TPSA) is 24.1 Å². The molecular formula is C14H25BrN2S. The van der Waals surface area contributed by atoms with Crippen molar-refractivity contribution >= 4 is 27.3 Å². The highest BCUT2D eigenvalue weighted by Crippen LogP contribution is 2.32. The zero-order chi connectivity index (χ0) is 13.6. The smallest absolute Gasteiger partial charge is 0.0701 e. The Labute approximate surface area is 124 Å². The maximum atomic E-state index is 3.62. The van der Waals surface area contributed by atoms with Crippen molar-refractivity contribution in [2.75, 3.05) is 26.7 Å². The van der Waals surface area contributed by atoms with Crippen LogP contribution in [0.5, 0.6) is 0 Å². The molecule has 0 bridgehead atoms. The van der Waals surface area contributed by atoms with Gasteiger partial charge in [-0.3, -0.25) is 0 Å². The van der Waals surface area contributed by atoms with Crippen LogP contribution in [0, 0.1) is 5.92 Å². The summed E-state index contributed by atoms with van der Waals surface area (Å²) in [6, 6.07) is 4.36. The Kier molecular flexibility index (Phi) is 6.85. The fourth-order valence-corrected chi connectivity index (χ4v) is 3.49. The molecule has 0 saturated heterocycles. The Hall–Kier alpha value is 0.1000. The molecule has 0 fully saturated rings. The lowest BCUT2D eigenvalue weighted by molar-refractivity contribution is 0.405. The van der Waals surface area contributed by atoms with Crippen molar-refractivity contribution in [2.24, 2.45) is 5.92 Å². The van der Waals surface area contributed by atoms with Crippen molar-refractivity contribution in [1.82, 2.24) is 10.6 Å². The minimum absolute atomic E-state index is 0.203. The van der Waals surface area contributed by atoms with Crippen LogP contribution in [-0.4, -0.2) is 26.7 Å². The van der Waals surface area contributed by atoms with Gasteiger partial charge in [0.2, 0.25) is 0 Å². The predicted molar refractivity (Wildman–Crippen MR) is 85.6 cm³/mol. The largest absolute Gasteiger partial charge is 0.319 e. The van der Waals surface area contributed by atoms with E-state index in [1.54, 1.807) is 0 Å². The second-order valence-corrected chi connectivity index (χ2v) is 7.91. The first-order valence-corrected chi connectivity index (χ1v) is 8.21. The van der Waals surface area contributed by atoms with Gasteiger partial charge in [0.05, 0.1) is 3.79 Å². The number of hydrogen-bond acceptors (Lipinski definition) is 3. The molecule has 1 heterocycles. The van der Waals surface area contributed by atoms with Gasteiger partial charge < -0.3 is 10.6 Å². The monoisotopic (exact) mass is 332 g/mol. The summed E-state index contributed by atoms with van der Waals surface area (Å²) in [5.74, 6) is 0.723. The summed E-state index contributed by atoms with van der Waals surface area (Å²) >= 11 is 5.37. The van der Waals surface area contributed by atoms with Crippen molar-refractivity contribution in [3.63, 3.8) is 0 Å². The maximum Gasteiger partial charge on any atom is 0.0701 e. The molecule has 0 saturated carbocycles. The van der Waals surface area contributed by atoms with Crippen LogP contribution in [0.3, 0.4) is 0 Å². The molecule has 1 unspecified atom stereocenters. The summed E-state index contributed by atoms with van der Waals surface area (Å²) in [6.45, 7) is 10.1. The average molecular weight is 333 g/mol. The normalized spacial score (nSPS) is 13.8. The molecule has 1 atom stereocenters. The van der Waals surface area contributed by atoms with Gasteiger partial charge in [0.1, 0.15) is 0 Å². The zero-order valence-corrected chi connectivity index (χ0v) is 14.2. The Bertz CT molecular complexity index is 349.